The van der Waals surface area contributed by atoms with Gasteiger partial charge in [-0.15, -0.1) is 0 Å². The zero-order valence-electron chi connectivity index (χ0n) is 9.06. The van der Waals surface area contributed by atoms with Crippen molar-refractivity contribution in [3.63, 3.8) is 0 Å². The van der Waals surface area contributed by atoms with Crippen molar-refractivity contribution in [1.82, 2.24) is 0 Å². The fourth-order valence-electron chi connectivity index (χ4n) is 1.61. The highest BCUT2D eigenvalue weighted by atomic mass is 14.7. The lowest BCUT2D eigenvalue weighted by molar-refractivity contribution is 1.19. The Morgan fingerprint density at radius 3 is 2.12 bits per heavy atom. The smallest absolute Gasteiger partial charge is 0.0729 e. The maximum Gasteiger partial charge on any atom is 0.0729 e. The molecule has 78 valence electrons. The van der Waals surface area contributed by atoms with E-state index in [4.69, 9.17) is 0 Å². The van der Waals surface area contributed by atoms with E-state index in [1.165, 1.54) is 11.1 Å². The second-order valence-electron chi connectivity index (χ2n) is 3.60. The van der Waals surface area contributed by atoms with E-state index in [9.17, 15) is 0 Å². The van der Waals surface area contributed by atoms with E-state index < -0.39 is 0 Å². The maximum absolute atomic E-state index is 3.99. The van der Waals surface area contributed by atoms with Gasteiger partial charge < -0.3 is 0 Å². The molecule has 0 aromatic heterocycles. The molecular weight excluding hydrogens is 194 g/mol. The molecule has 0 saturated carbocycles. The van der Waals surface area contributed by atoms with Crippen LogP contribution in [0.5, 0.6) is 0 Å². The zero-order valence-corrected chi connectivity index (χ0v) is 9.06. The van der Waals surface area contributed by atoms with Gasteiger partial charge in [-0.2, -0.15) is 0 Å². The first kappa shape index (κ1) is 10.4. The van der Waals surface area contributed by atoms with Crippen LogP contribution in [0.15, 0.2) is 66.2 Å². The fraction of sp³-hybridized carbons (Fsp3) is 0.0667. The highest BCUT2D eigenvalue weighted by Gasteiger charge is 1.95. The van der Waals surface area contributed by atoms with Gasteiger partial charge in [0, 0.05) is 0 Å². The molecule has 0 aliphatic rings. The summed E-state index contributed by atoms with van der Waals surface area (Å²) in [5, 5.41) is 0. The molecule has 0 spiro atoms. The SMILES string of the molecule is C=C=Nc1ccc(Cc2ccccc2)cc1. The van der Waals surface area contributed by atoms with E-state index in [1.54, 1.807) is 0 Å². The quantitative estimate of drug-likeness (QED) is 0.679. The lowest BCUT2D eigenvalue weighted by atomic mass is 10.1. The van der Waals surface area contributed by atoms with Crippen molar-refractivity contribution < 1.29 is 0 Å². The molecule has 0 heterocycles. The first-order valence-corrected chi connectivity index (χ1v) is 5.24. The Hall–Kier alpha value is -2.11. The number of nitrogens with zero attached hydrogens (tertiary/aromatic N) is 1. The molecule has 0 saturated heterocycles. The Balaban J connectivity index is 2.14. The molecule has 2 aromatic rings. The van der Waals surface area contributed by atoms with Gasteiger partial charge in [-0.1, -0.05) is 42.5 Å². The molecule has 0 aliphatic heterocycles. The number of hydrogen-bond acceptors (Lipinski definition) is 1. The highest BCUT2D eigenvalue weighted by Crippen LogP contribution is 2.15. The highest BCUT2D eigenvalue weighted by molar-refractivity contribution is 5.55. The maximum atomic E-state index is 3.99. The fourth-order valence-corrected chi connectivity index (χ4v) is 1.61. The topological polar surface area (TPSA) is 12.4 Å². The van der Waals surface area contributed by atoms with Gasteiger partial charge >= 0.3 is 0 Å². The minimum atomic E-state index is 0.895. The van der Waals surface area contributed by atoms with Crippen LogP contribution in [0.3, 0.4) is 0 Å². The molecular formula is C15H13N. The second kappa shape index (κ2) is 5.11. The summed E-state index contributed by atoms with van der Waals surface area (Å²) in [7, 11) is 0. The van der Waals surface area contributed by atoms with Gasteiger partial charge in [0.15, 0.2) is 0 Å². The van der Waals surface area contributed by atoms with Gasteiger partial charge in [0.05, 0.1) is 5.69 Å². The Bertz CT molecular complexity index is 491. The lowest BCUT2D eigenvalue weighted by Gasteiger charge is -2.01. The van der Waals surface area contributed by atoms with Gasteiger partial charge in [0.1, 0.15) is 0 Å². The molecule has 1 heteroatoms. The lowest BCUT2D eigenvalue weighted by Crippen LogP contribution is -1.86. The van der Waals surface area contributed by atoms with Crippen LogP contribution >= 0.6 is 0 Å². The number of rotatable bonds is 3. The van der Waals surface area contributed by atoms with Crippen molar-refractivity contribution in [2.45, 2.75) is 6.42 Å². The summed E-state index contributed by atoms with van der Waals surface area (Å²) in [6.45, 7) is 3.45. The average molecular weight is 207 g/mol. The molecule has 0 aliphatic carbocycles. The standard InChI is InChI=1S/C15H13N/c1-2-16-15-10-8-14(9-11-15)12-13-6-4-3-5-7-13/h3-11H,1,12H2. The minimum Gasteiger partial charge on any atom is -0.207 e. The third kappa shape index (κ3) is 2.69. The predicted octanol–water partition coefficient (Wildman–Crippen LogP) is 3.76. The minimum absolute atomic E-state index is 0.895. The normalized spacial score (nSPS) is 9.50. The van der Waals surface area contributed by atoms with E-state index in [-0.39, 0.29) is 0 Å². The summed E-state index contributed by atoms with van der Waals surface area (Å²) in [6.07, 6.45) is 0.957. The Morgan fingerprint density at radius 2 is 1.50 bits per heavy atom. The summed E-state index contributed by atoms with van der Waals surface area (Å²) in [5.74, 6) is 2.53. The van der Waals surface area contributed by atoms with Crippen molar-refractivity contribution in [1.29, 1.82) is 0 Å². The van der Waals surface area contributed by atoms with E-state index >= 15 is 0 Å². The zero-order chi connectivity index (χ0) is 11.2. The first-order valence-electron chi connectivity index (χ1n) is 5.24. The van der Waals surface area contributed by atoms with E-state index in [0.717, 1.165) is 12.1 Å². The Labute approximate surface area is 95.8 Å². The van der Waals surface area contributed by atoms with Gasteiger partial charge in [-0.25, -0.2) is 4.99 Å². The molecule has 0 unspecified atom stereocenters. The second-order valence-corrected chi connectivity index (χ2v) is 3.60. The van der Waals surface area contributed by atoms with Crippen LogP contribution in [0.1, 0.15) is 11.1 Å². The van der Waals surface area contributed by atoms with Crippen LogP contribution in [-0.2, 0) is 6.42 Å². The van der Waals surface area contributed by atoms with Crippen LogP contribution in [0, 0.1) is 0 Å². The summed E-state index contributed by atoms with van der Waals surface area (Å²) in [6, 6.07) is 18.6. The number of benzene rings is 2. The third-order valence-corrected chi connectivity index (χ3v) is 2.40. The molecule has 0 radical (unpaired) electrons. The van der Waals surface area contributed by atoms with Gasteiger partial charge in [0.2, 0.25) is 0 Å². The first-order chi connectivity index (χ1) is 7.88. The van der Waals surface area contributed by atoms with E-state index in [0.29, 0.717) is 0 Å². The van der Waals surface area contributed by atoms with Crippen molar-refractivity contribution in [2.75, 3.05) is 0 Å². The number of hydrogen-bond donors (Lipinski definition) is 0. The molecule has 0 bridgehead atoms. The molecule has 0 fully saturated rings. The Morgan fingerprint density at radius 1 is 0.875 bits per heavy atom. The van der Waals surface area contributed by atoms with Crippen LogP contribution < -0.4 is 0 Å². The average Bonchev–Trinajstić information content (AvgIpc) is 2.33. The monoisotopic (exact) mass is 207 g/mol. The molecule has 2 rings (SSSR count). The van der Waals surface area contributed by atoms with Crippen LogP contribution in [0.4, 0.5) is 5.69 Å². The third-order valence-electron chi connectivity index (χ3n) is 2.40. The molecule has 2 aromatic carbocycles. The van der Waals surface area contributed by atoms with Gasteiger partial charge in [0.25, 0.3) is 0 Å². The molecule has 0 atom stereocenters. The van der Waals surface area contributed by atoms with Gasteiger partial charge in [-0.05, 0) is 42.1 Å². The van der Waals surface area contributed by atoms with E-state index in [2.05, 4.69) is 53.8 Å². The summed E-state index contributed by atoms with van der Waals surface area (Å²) < 4.78 is 0. The largest absolute Gasteiger partial charge is 0.207 e. The number of aliphatic imine (C=N–C) groups is 1. The van der Waals surface area contributed by atoms with E-state index in [1.807, 2.05) is 18.2 Å². The predicted molar refractivity (Wildman–Crippen MR) is 68.4 cm³/mol. The molecule has 0 amide bonds. The van der Waals surface area contributed by atoms with Crippen LogP contribution in [0.25, 0.3) is 0 Å². The van der Waals surface area contributed by atoms with Crippen LogP contribution in [-0.4, -0.2) is 5.87 Å². The Kier molecular flexibility index (Phi) is 3.32. The van der Waals surface area contributed by atoms with Crippen molar-refractivity contribution >= 4 is 11.6 Å². The van der Waals surface area contributed by atoms with Crippen LogP contribution in [0.2, 0.25) is 0 Å². The van der Waals surface area contributed by atoms with Gasteiger partial charge in [-0.3, -0.25) is 0 Å². The van der Waals surface area contributed by atoms with Crippen molar-refractivity contribution in [2.24, 2.45) is 4.99 Å². The summed E-state index contributed by atoms with van der Waals surface area (Å²) in [4.78, 5) is 3.99. The molecule has 0 N–H and O–H groups in total. The summed E-state index contributed by atoms with van der Waals surface area (Å²) >= 11 is 0. The van der Waals surface area contributed by atoms with Crippen molar-refractivity contribution in [3.05, 3.63) is 72.3 Å². The summed E-state index contributed by atoms with van der Waals surface area (Å²) in [5.41, 5.74) is 3.50. The molecule has 16 heavy (non-hydrogen) atoms. The molecule has 1 nitrogen and oxygen atoms in total. The van der Waals surface area contributed by atoms with Crippen molar-refractivity contribution in [3.8, 4) is 0 Å².